The lowest BCUT2D eigenvalue weighted by molar-refractivity contribution is 0.204. The SMILES string of the molecule is Cc1nc2c(cc1F)c1c(c(=O)n2C)CC2CN(C)C(C)CN12. The lowest BCUT2D eigenvalue weighted by Crippen LogP contribution is -2.54. The van der Waals surface area contributed by atoms with Gasteiger partial charge in [-0.25, -0.2) is 9.37 Å². The van der Waals surface area contributed by atoms with Crippen molar-refractivity contribution < 1.29 is 4.39 Å². The van der Waals surface area contributed by atoms with Gasteiger partial charge in [0, 0.05) is 49.6 Å². The lowest BCUT2D eigenvalue weighted by atomic mass is 10.1. The van der Waals surface area contributed by atoms with E-state index in [2.05, 4.69) is 28.8 Å². The minimum absolute atomic E-state index is 0.00397. The van der Waals surface area contributed by atoms with E-state index in [9.17, 15) is 9.18 Å². The summed E-state index contributed by atoms with van der Waals surface area (Å²) in [6.45, 7) is 5.59. The molecular formula is C17H21FN4O. The lowest BCUT2D eigenvalue weighted by Gasteiger charge is -2.42. The molecule has 4 heterocycles. The second-order valence-electron chi connectivity index (χ2n) is 6.92. The van der Waals surface area contributed by atoms with E-state index in [0.717, 1.165) is 36.1 Å². The summed E-state index contributed by atoms with van der Waals surface area (Å²) in [5.74, 6) is -0.316. The highest BCUT2D eigenvalue weighted by molar-refractivity contribution is 5.93. The predicted molar refractivity (Wildman–Crippen MR) is 88.6 cm³/mol. The van der Waals surface area contributed by atoms with Crippen molar-refractivity contribution in [2.24, 2.45) is 7.05 Å². The Morgan fingerprint density at radius 3 is 2.78 bits per heavy atom. The molecule has 0 aliphatic carbocycles. The number of fused-ring (bicyclic) bond motifs is 5. The van der Waals surface area contributed by atoms with Crippen molar-refractivity contribution in [2.75, 3.05) is 25.0 Å². The third-order valence-corrected chi connectivity index (χ3v) is 5.43. The number of hydrogen-bond donors (Lipinski definition) is 0. The molecular weight excluding hydrogens is 295 g/mol. The summed E-state index contributed by atoms with van der Waals surface area (Å²) in [5, 5.41) is 0.754. The van der Waals surface area contributed by atoms with Gasteiger partial charge in [0.2, 0.25) is 0 Å². The highest BCUT2D eigenvalue weighted by atomic mass is 19.1. The summed E-state index contributed by atoms with van der Waals surface area (Å²) in [6.07, 6.45) is 0.727. The summed E-state index contributed by atoms with van der Waals surface area (Å²) < 4.78 is 15.7. The summed E-state index contributed by atoms with van der Waals surface area (Å²) in [6, 6.07) is 2.23. The zero-order chi connectivity index (χ0) is 16.5. The van der Waals surface area contributed by atoms with Crippen LogP contribution in [0.1, 0.15) is 18.2 Å². The second kappa shape index (κ2) is 4.77. The number of rotatable bonds is 0. The molecule has 2 aliphatic rings. The van der Waals surface area contributed by atoms with E-state index >= 15 is 0 Å². The Morgan fingerprint density at radius 1 is 1.30 bits per heavy atom. The number of pyridine rings is 2. The molecule has 0 saturated carbocycles. The first-order valence-electron chi connectivity index (χ1n) is 8.04. The number of aromatic nitrogens is 2. The number of hydrogen-bond acceptors (Lipinski definition) is 4. The molecule has 0 bridgehead atoms. The average Bonchev–Trinajstić information content (AvgIpc) is 2.86. The Bertz CT molecular complexity index is 875. The molecule has 0 spiro atoms. The van der Waals surface area contributed by atoms with E-state index in [-0.39, 0.29) is 17.4 Å². The Morgan fingerprint density at radius 2 is 2.04 bits per heavy atom. The highest BCUT2D eigenvalue weighted by Gasteiger charge is 2.39. The van der Waals surface area contributed by atoms with Crippen LogP contribution in [0.3, 0.4) is 0 Å². The standard InChI is InChI=1S/C17H21FN4O/c1-9-7-22-11(8-20(9)3)5-13-15(22)12-6-14(18)10(2)19-16(12)21(4)17(13)23/h6,9,11H,5,7-8H2,1-4H3. The van der Waals surface area contributed by atoms with Gasteiger partial charge in [-0.1, -0.05) is 0 Å². The number of piperazine rings is 1. The average molecular weight is 316 g/mol. The van der Waals surface area contributed by atoms with Gasteiger partial charge in [0.1, 0.15) is 11.5 Å². The van der Waals surface area contributed by atoms with E-state index in [1.165, 1.54) is 0 Å². The molecule has 2 aliphatic heterocycles. The van der Waals surface area contributed by atoms with E-state index < -0.39 is 0 Å². The Balaban J connectivity index is 2.02. The fourth-order valence-corrected chi connectivity index (χ4v) is 3.94. The number of nitrogens with zero attached hydrogens (tertiary/aromatic N) is 4. The third-order valence-electron chi connectivity index (χ3n) is 5.43. The third kappa shape index (κ3) is 1.94. The molecule has 2 aromatic rings. The molecule has 0 radical (unpaired) electrons. The summed E-state index contributed by atoms with van der Waals surface area (Å²) >= 11 is 0. The van der Waals surface area contributed by atoms with Crippen LogP contribution < -0.4 is 10.5 Å². The highest BCUT2D eigenvalue weighted by Crippen LogP contribution is 2.38. The maximum absolute atomic E-state index is 14.1. The first-order valence-corrected chi connectivity index (χ1v) is 8.04. The van der Waals surface area contributed by atoms with Crippen LogP contribution in [0.5, 0.6) is 0 Å². The number of aryl methyl sites for hydroxylation is 2. The van der Waals surface area contributed by atoms with E-state index in [0.29, 0.717) is 17.4 Å². The molecule has 0 N–H and O–H groups in total. The molecule has 1 fully saturated rings. The molecule has 2 aromatic heterocycles. The van der Waals surface area contributed by atoms with E-state index in [1.54, 1.807) is 24.6 Å². The minimum atomic E-state index is -0.316. The van der Waals surface area contributed by atoms with Gasteiger partial charge in [-0.2, -0.15) is 0 Å². The molecule has 4 rings (SSSR count). The number of halogens is 1. The van der Waals surface area contributed by atoms with Crippen LogP contribution in [0.15, 0.2) is 10.9 Å². The Hall–Kier alpha value is -1.95. The molecule has 2 atom stereocenters. The largest absolute Gasteiger partial charge is 0.364 e. The first-order chi connectivity index (χ1) is 10.9. The quantitative estimate of drug-likeness (QED) is 0.738. The van der Waals surface area contributed by atoms with Crippen molar-refractivity contribution >= 4 is 16.7 Å². The molecule has 6 heteroatoms. The van der Waals surface area contributed by atoms with Gasteiger partial charge in [-0.15, -0.1) is 0 Å². The van der Waals surface area contributed by atoms with Crippen LogP contribution >= 0.6 is 0 Å². The summed E-state index contributed by atoms with van der Waals surface area (Å²) in [4.78, 5) is 21.7. The van der Waals surface area contributed by atoms with Crippen molar-refractivity contribution in [1.82, 2.24) is 14.5 Å². The van der Waals surface area contributed by atoms with Crippen LogP contribution in [-0.2, 0) is 13.5 Å². The fraction of sp³-hybridized carbons (Fsp3) is 0.529. The van der Waals surface area contributed by atoms with E-state index in [4.69, 9.17) is 0 Å². The zero-order valence-corrected chi connectivity index (χ0v) is 13.9. The maximum Gasteiger partial charge on any atom is 0.257 e. The van der Waals surface area contributed by atoms with Crippen LogP contribution in [0.2, 0.25) is 0 Å². The molecule has 0 aromatic carbocycles. The molecule has 23 heavy (non-hydrogen) atoms. The summed E-state index contributed by atoms with van der Waals surface area (Å²) in [7, 11) is 3.84. The van der Waals surface area contributed by atoms with Crippen LogP contribution in [0.4, 0.5) is 10.1 Å². The molecule has 0 amide bonds. The summed E-state index contributed by atoms with van der Waals surface area (Å²) in [5.41, 5.74) is 2.60. The molecule has 5 nitrogen and oxygen atoms in total. The van der Waals surface area contributed by atoms with Crippen molar-refractivity contribution in [1.29, 1.82) is 0 Å². The van der Waals surface area contributed by atoms with Crippen LogP contribution in [0.25, 0.3) is 11.0 Å². The molecule has 2 unspecified atom stereocenters. The fourth-order valence-electron chi connectivity index (χ4n) is 3.94. The van der Waals surface area contributed by atoms with Crippen LogP contribution in [-0.4, -0.2) is 46.7 Å². The molecule has 122 valence electrons. The smallest absolute Gasteiger partial charge is 0.257 e. The first kappa shape index (κ1) is 14.6. The van der Waals surface area contributed by atoms with Gasteiger partial charge < -0.3 is 4.90 Å². The minimum Gasteiger partial charge on any atom is -0.364 e. The van der Waals surface area contributed by atoms with Crippen molar-refractivity contribution in [3.8, 4) is 0 Å². The van der Waals surface area contributed by atoms with Crippen molar-refractivity contribution in [3.05, 3.63) is 33.5 Å². The maximum atomic E-state index is 14.1. The van der Waals surface area contributed by atoms with Gasteiger partial charge in [-0.3, -0.25) is 14.3 Å². The van der Waals surface area contributed by atoms with E-state index in [1.807, 2.05) is 0 Å². The van der Waals surface area contributed by atoms with Crippen molar-refractivity contribution in [3.63, 3.8) is 0 Å². The monoisotopic (exact) mass is 316 g/mol. The number of likely N-dealkylation sites (N-methyl/N-ethyl adjacent to an activating group) is 1. The predicted octanol–water partition coefficient (Wildman–Crippen LogP) is 1.45. The van der Waals surface area contributed by atoms with Crippen LogP contribution in [0, 0.1) is 12.7 Å². The molecule has 1 saturated heterocycles. The van der Waals surface area contributed by atoms with Gasteiger partial charge in [0.15, 0.2) is 0 Å². The Kier molecular flexibility index (Phi) is 3.04. The second-order valence-corrected chi connectivity index (χ2v) is 6.92. The van der Waals surface area contributed by atoms with Crippen molar-refractivity contribution in [2.45, 2.75) is 32.4 Å². The van der Waals surface area contributed by atoms with Gasteiger partial charge in [0.05, 0.1) is 11.4 Å². The topological polar surface area (TPSA) is 41.4 Å². The Labute approximate surface area is 134 Å². The zero-order valence-electron chi connectivity index (χ0n) is 13.9. The number of anilines is 1. The van der Waals surface area contributed by atoms with Gasteiger partial charge >= 0.3 is 0 Å². The van der Waals surface area contributed by atoms with Gasteiger partial charge in [0.25, 0.3) is 5.56 Å². The normalized spacial score (nSPS) is 24.1. The van der Waals surface area contributed by atoms with Gasteiger partial charge in [-0.05, 0) is 27.0 Å².